The van der Waals surface area contributed by atoms with Gasteiger partial charge in [-0.3, -0.25) is 4.90 Å². The van der Waals surface area contributed by atoms with Gasteiger partial charge in [-0.15, -0.1) is 0 Å². The monoisotopic (exact) mass is 301 g/mol. The molecule has 2 aliphatic heterocycles. The zero-order chi connectivity index (χ0) is 15.2. The van der Waals surface area contributed by atoms with E-state index in [-0.39, 0.29) is 0 Å². The molecule has 0 spiro atoms. The van der Waals surface area contributed by atoms with Gasteiger partial charge in [-0.2, -0.15) is 0 Å². The van der Waals surface area contributed by atoms with E-state index >= 15 is 0 Å². The number of rotatable bonds is 5. The van der Waals surface area contributed by atoms with Gasteiger partial charge in [0, 0.05) is 25.2 Å². The summed E-state index contributed by atoms with van der Waals surface area (Å²) >= 11 is 0. The van der Waals surface area contributed by atoms with E-state index in [4.69, 9.17) is 0 Å². The van der Waals surface area contributed by atoms with E-state index < -0.39 is 0 Å². The predicted octanol–water partition coefficient (Wildman–Crippen LogP) is 2.63. The smallest absolute Gasteiger partial charge is 0.0233 e. The summed E-state index contributed by atoms with van der Waals surface area (Å²) in [6, 6.07) is 12.2. The van der Waals surface area contributed by atoms with Crippen LogP contribution in [0.2, 0.25) is 0 Å². The third kappa shape index (κ3) is 4.55. The summed E-state index contributed by atoms with van der Waals surface area (Å²) in [7, 11) is 0. The first-order valence-electron chi connectivity index (χ1n) is 9.04. The summed E-state index contributed by atoms with van der Waals surface area (Å²) in [4.78, 5) is 2.62. The normalized spacial score (nSPS) is 28.4. The molecule has 0 bridgehead atoms. The van der Waals surface area contributed by atoms with Crippen LogP contribution in [0.3, 0.4) is 0 Å². The molecule has 3 atom stereocenters. The minimum Gasteiger partial charge on any atom is -0.317 e. The molecule has 2 heterocycles. The van der Waals surface area contributed by atoms with Gasteiger partial charge in [0.05, 0.1) is 0 Å². The van der Waals surface area contributed by atoms with E-state index in [2.05, 4.69) is 52.8 Å². The first kappa shape index (κ1) is 16.0. The molecular weight excluding hydrogens is 270 g/mol. The Kier molecular flexibility index (Phi) is 5.88. The molecule has 22 heavy (non-hydrogen) atoms. The second kappa shape index (κ2) is 8.09. The van der Waals surface area contributed by atoms with Crippen molar-refractivity contribution >= 4 is 0 Å². The van der Waals surface area contributed by atoms with Crippen LogP contribution in [0.1, 0.15) is 38.2 Å². The largest absolute Gasteiger partial charge is 0.317 e. The maximum Gasteiger partial charge on any atom is 0.0233 e. The Balaban J connectivity index is 1.45. The first-order valence-corrected chi connectivity index (χ1v) is 9.04. The van der Waals surface area contributed by atoms with E-state index in [1.165, 1.54) is 57.4 Å². The number of hydrogen-bond donors (Lipinski definition) is 2. The van der Waals surface area contributed by atoms with Crippen LogP contribution >= 0.6 is 0 Å². The molecule has 2 N–H and O–H groups in total. The highest BCUT2D eigenvalue weighted by Crippen LogP contribution is 2.22. The molecule has 3 unspecified atom stereocenters. The molecule has 0 amide bonds. The maximum atomic E-state index is 3.92. The van der Waals surface area contributed by atoms with Crippen LogP contribution in [0.15, 0.2) is 30.3 Å². The Labute approximate surface area is 135 Å². The van der Waals surface area contributed by atoms with E-state index in [9.17, 15) is 0 Å². The van der Waals surface area contributed by atoms with Crippen LogP contribution in [0, 0.1) is 5.92 Å². The highest BCUT2D eigenvalue weighted by molar-refractivity contribution is 5.14. The van der Waals surface area contributed by atoms with Crippen LogP contribution in [-0.2, 0) is 6.54 Å². The fourth-order valence-electron chi connectivity index (χ4n) is 3.95. The summed E-state index contributed by atoms with van der Waals surface area (Å²) in [6.07, 6.45) is 5.27. The van der Waals surface area contributed by atoms with E-state index in [0.29, 0.717) is 12.1 Å². The van der Waals surface area contributed by atoms with E-state index in [1.54, 1.807) is 0 Å². The second-order valence-electron chi connectivity index (χ2n) is 7.10. The van der Waals surface area contributed by atoms with Crippen LogP contribution < -0.4 is 10.6 Å². The van der Waals surface area contributed by atoms with Crippen molar-refractivity contribution in [3.05, 3.63) is 35.9 Å². The van der Waals surface area contributed by atoms with Crippen molar-refractivity contribution in [1.29, 1.82) is 0 Å². The standard InChI is InChI=1S/C19H31N3/c1-16(21-19-8-5-11-20-12-9-19)18-10-13-22(15-18)14-17-6-3-2-4-7-17/h2-4,6-7,16,18-21H,5,8-15H2,1H3. The van der Waals surface area contributed by atoms with Gasteiger partial charge in [-0.1, -0.05) is 30.3 Å². The van der Waals surface area contributed by atoms with Crippen molar-refractivity contribution in [3.63, 3.8) is 0 Å². The highest BCUT2D eigenvalue weighted by atomic mass is 15.2. The molecular formula is C19H31N3. The molecule has 0 aliphatic carbocycles. The highest BCUT2D eigenvalue weighted by Gasteiger charge is 2.28. The van der Waals surface area contributed by atoms with Gasteiger partial charge < -0.3 is 10.6 Å². The lowest BCUT2D eigenvalue weighted by molar-refractivity contribution is 0.283. The summed E-state index contributed by atoms with van der Waals surface area (Å²) in [6.45, 7) is 8.37. The molecule has 122 valence electrons. The Morgan fingerprint density at radius 2 is 2.05 bits per heavy atom. The van der Waals surface area contributed by atoms with E-state index in [0.717, 1.165) is 12.5 Å². The number of likely N-dealkylation sites (tertiary alicyclic amines) is 1. The number of nitrogens with one attached hydrogen (secondary N) is 2. The molecule has 3 rings (SSSR count). The van der Waals surface area contributed by atoms with Crippen LogP contribution in [0.4, 0.5) is 0 Å². The average Bonchev–Trinajstić information content (AvgIpc) is 2.85. The molecule has 2 saturated heterocycles. The van der Waals surface area contributed by atoms with Gasteiger partial charge in [0.1, 0.15) is 0 Å². The zero-order valence-corrected chi connectivity index (χ0v) is 13.9. The van der Waals surface area contributed by atoms with Crippen molar-refractivity contribution in [3.8, 4) is 0 Å². The van der Waals surface area contributed by atoms with Crippen molar-refractivity contribution < 1.29 is 0 Å². The molecule has 1 aromatic rings. The summed E-state index contributed by atoms with van der Waals surface area (Å²) in [5.74, 6) is 0.805. The van der Waals surface area contributed by atoms with Crippen molar-refractivity contribution in [2.24, 2.45) is 5.92 Å². The van der Waals surface area contributed by atoms with Crippen LogP contribution in [0.5, 0.6) is 0 Å². The third-order valence-corrected chi connectivity index (χ3v) is 5.34. The minimum atomic E-state index is 0.642. The number of nitrogens with zero attached hydrogens (tertiary/aromatic N) is 1. The Morgan fingerprint density at radius 3 is 2.91 bits per heavy atom. The summed E-state index contributed by atoms with van der Waals surface area (Å²) in [5.41, 5.74) is 1.44. The first-order chi connectivity index (χ1) is 10.8. The van der Waals surface area contributed by atoms with Crippen LogP contribution in [-0.4, -0.2) is 43.2 Å². The molecule has 0 aromatic heterocycles. The fraction of sp³-hybridized carbons (Fsp3) is 0.684. The molecule has 2 aliphatic rings. The van der Waals surface area contributed by atoms with Gasteiger partial charge in [0.15, 0.2) is 0 Å². The molecule has 2 fully saturated rings. The maximum absolute atomic E-state index is 3.92. The average molecular weight is 301 g/mol. The summed E-state index contributed by atoms with van der Waals surface area (Å²) in [5, 5.41) is 7.42. The molecule has 3 heteroatoms. The lowest BCUT2D eigenvalue weighted by atomic mass is 9.98. The lowest BCUT2D eigenvalue weighted by Gasteiger charge is -2.26. The molecule has 0 radical (unpaired) electrons. The molecule has 1 aromatic carbocycles. The van der Waals surface area contributed by atoms with Gasteiger partial charge in [0.25, 0.3) is 0 Å². The topological polar surface area (TPSA) is 27.3 Å². The number of hydrogen-bond acceptors (Lipinski definition) is 3. The predicted molar refractivity (Wildman–Crippen MR) is 92.9 cm³/mol. The lowest BCUT2D eigenvalue weighted by Crippen LogP contribution is -2.42. The SMILES string of the molecule is CC(NC1CCCNCC1)C1CCN(Cc2ccccc2)C1. The van der Waals surface area contributed by atoms with Gasteiger partial charge in [0.2, 0.25) is 0 Å². The van der Waals surface area contributed by atoms with Crippen molar-refractivity contribution in [1.82, 2.24) is 15.5 Å². The Morgan fingerprint density at radius 1 is 1.18 bits per heavy atom. The second-order valence-corrected chi connectivity index (χ2v) is 7.10. The Hall–Kier alpha value is -0.900. The zero-order valence-electron chi connectivity index (χ0n) is 13.9. The van der Waals surface area contributed by atoms with Gasteiger partial charge in [-0.25, -0.2) is 0 Å². The van der Waals surface area contributed by atoms with Gasteiger partial charge >= 0.3 is 0 Å². The number of benzene rings is 1. The Bertz CT molecular complexity index is 426. The van der Waals surface area contributed by atoms with Crippen molar-refractivity contribution in [2.45, 2.75) is 51.2 Å². The third-order valence-electron chi connectivity index (χ3n) is 5.34. The van der Waals surface area contributed by atoms with Gasteiger partial charge in [-0.05, 0) is 63.7 Å². The van der Waals surface area contributed by atoms with E-state index in [1.807, 2.05) is 0 Å². The minimum absolute atomic E-state index is 0.642. The summed E-state index contributed by atoms with van der Waals surface area (Å²) < 4.78 is 0. The van der Waals surface area contributed by atoms with Crippen molar-refractivity contribution in [2.75, 3.05) is 26.2 Å². The fourth-order valence-corrected chi connectivity index (χ4v) is 3.95. The van der Waals surface area contributed by atoms with Crippen LogP contribution in [0.25, 0.3) is 0 Å². The molecule has 3 nitrogen and oxygen atoms in total. The molecule has 0 saturated carbocycles. The quantitative estimate of drug-likeness (QED) is 0.875.